The van der Waals surface area contributed by atoms with E-state index < -0.39 is 0 Å². The number of rotatable bonds is 4. The first-order valence-electron chi connectivity index (χ1n) is 8.22. The summed E-state index contributed by atoms with van der Waals surface area (Å²) >= 11 is 0. The second-order valence-electron chi connectivity index (χ2n) is 6.54. The largest absolute Gasteiger partial charge is 0.479 e. The van der Waals surface area contributed by atoms with E-state index in [1.165, 1.54) is 38.0 Å². The summed E-state index contributed by atoms with van der Waals surface area (Å²) in [5.41, 5.74) is 2.25. The Kier molecular flexibility index (Phi) is 3.62. The Morgan fingerprint density at radius 2 is 1.95 bits per heavy atom. The van der Waals surface area contributed by atoms with Gasteiger partial charge in [0.2, 0.25) is 5.88 Å². The number of piperidine rings is 3. The molecule has 2 aromatic rings. The van der Waals surface area contributed by atoms with Crippen molar-refractivity contribution in [3.05, 3.63) is 36.5 Å². The third-order valence-corrected chi connectivity index (χ3v) is 5.22. The highest BCUT2D eigenvalue weighted by Crippen LogP contribution is 2.34. The minimum Gasteiger partial charge on any atom is -0.479 e. The fourth-order valence-electron chi connectivity index (χ4n) is 4.00. The Morgan fingerprint density at radius 3 is 2.59 bits per heavy atom. The lowest BCUT2D eigenvalue weighted by atomic mass is 9.79. The first-order chi connectivity index (χ1) is 10.8. The summed E-state index contributed by atoms with van der Waals surface area (Å²) in [5, 5.41) is 4.66. The molecule has 1 aromatic carbocycles. The maximum atomic E-state index is 5.49. The Balaban J connectivity index is 1.57. The summed E-state index contributed by atoms with van der Waals surface area (Å²) in [6.07, 6.45) is 4.86. The number of aromatic nitrogens is 2. The van der Waals surface area contributed by atoms with Crippen molar-refractivity contribution in [3.63, 3.8) is 0 Å². The van der Waals surface area contributed by atoms with E-state index in [1.54, 1.807) is 7.11 Å². The Morgan fingerprint density at radius 1 is 1.18 bits per heavy atom. The summed E-state index contributed by atoms with van der Waals surface area (Å²) in [7, 11) is 1.70. The standard InChI is InChI=1S/C18H23N3O/c1-22-18-17(15-5-3-2-4-6-15)13-21(19-18)12-16-11-20-9-7-14(16)8-10-20/h2-6,13-14,16H,7-12H2,1H3. The van der Waals surface area contributed by atoms with E-state index in [9.17, 15) is 0 Å². The average Bonchev–Trinajstić information content (AvgIpc) is 3.00. The van der Waals surface area contributed by atoms with Crippen molar-refractivity contribution >= 4 is 0 Å². The van der Waals surface area contributed by atoms with E-state index in [0.717, 1.165) is 29.8 Å². The van der Waals surface area contributed by atoms with Crippen molar-refractivity contribution in [1.82, 2.24) is 14.7 Å². The van der Waals surface area contributed by atoms with Crippen LogP contribution in [0.25, 0.3) is 11.1 Å². The molecule has 0 saturated carbocycles. The molecule has 3 aliphatic rings. The molecule has 1 unspecified atom stereocenters. The molecular weight excluding hydrogens is 274 g/mol. The van der Waals surface area contributed by atoms with Crippen LogP contribution in [-0.2, 0) is 6.54 Å². The first-order valence-corrected chi connectivity index (χ1v) is 8.22. The van der Waals surface area contributed by atoms with Crippen molar-refractivity contribution in [1.29, 1.82) is 0 Å². The van der Waals surface area contributed by atoms with Crippen LogP contribution >= 0.6 is 0 Å². The molecule has 0 N–H and O–H groups in total. The minimum absolute atomic E-state index is 0.729. The highest BCUT2D eigenvalue weighted by Gasteiger charge is 2.34. The van der Waals surface area contributed by atoms with Crippen molar-refractivity contribution < 1.29 is 4.74 Å². The zero-order chi connectivity index (χ0) is 14.9. The molecule has 4 heterocycles. The number of hydrogen-bond acceptors (Lipinski definition) is 3. The first kappa shape index (κ1) is 13.8. The van der Waals surface area contributed by atoms with Crippen molar-refractivity contribution in [2.75, 3.05) is 26.7 Å². The maximum Gasteiger partial charge on any atom is 0.240 e. The van der Waals surface area contributed by atoms with E-state index in [0.29, 0.717) is 0 Å². The molecule has 3 aliphatic heterocycles. The van der Waals surface area contributed by atoms with E-state index in [4.69, 9.17) is 4.74 Å². The van der Waals surface area contributed by atoms with Crippen LogP contribution in [0, 0.1) is 11.8 Å². The second-order valence-corrected chi connectivity index (χ2v) is 6.54. The summed E-state index contributed by atoms with van der Waals surface area (Å²) in [6.45, 7) is 4.82. The van der Waals surface area contributed by atoms with Crippen LogP contribution in [0.5, 0.6) is 5.88 Å². The van der Waals surface area contributed by atoms with Crippen LogP contribution in [0.1, 0.15) is 12.8 Å². The number of methoxy groups -OCH3 is 1. The van der Waals surface area contributed by atoms with Gasteiger partial charge >= 0.3 is 0 Å². The van der Waals surface area contributed by atoms with Gasteiger partial charge < -0.3 is 9.64 Å². The smallest absolute Gasteiger partial charge is 0.240 e. The summed E-state index contributed by atoms with van der Waals surface area (Å²) in [6, 6.07) is 10.4. The van der Waals surface area contributed by atoms with Gasteiger partial charge in [0, 0.05) is 19.3 Å². The average molecular weight is 297 g/mol. The van der Waals surface area contributed by atoms with E-state index >= 15 is 0 Å². The molecule has 0 spiro atoms. The molecule has 1 atom stereocenters. The molecule has 2 bridgehead atoms. The van der Waals surface area contributed by atoms with Gasteiger partial charge in [0.05, 0.1) is 12.7 Å². The number of benzene rings is 1. The van der Waals surface area contributed by atoms with Gasteiger partial charge in [-0.3, -0.25) is 4.68 Å². The number of hydrogen-bond donors (Lipinski definition) is 0. The normalized spacial score (nSPS) is 27.0. The van der Waals surface area contributed by atoms with Crippen molar-refractivity contribution in [2.45, 2.75) is 19.4 Å². The van der Waals surface area contributed by atoms with E-state index in [1.807, 2.05) is 6.07 Å². The molecule has 4 nitrogen and oxygen atoms in total. The zero-order valence-electron chi connectivity index (χ0n) is 13.1. The van der Waals surface area contributed by atoms with Gasteiger partial charge in [0.15, 0.2) is 0 Å². The van der Waals surface area contributed by atoms with Crippen LogP contribution in [0.3, 0.4) is 0 Å². The lowest BCUT2D eigenvalue weighted by molar-refractivity contribution is 0.0404. The topological polar surface area (TPSA) is 30.3 Å². The molecule has 0 aliphatic carbocycles. The van der Waals surface area contributed by atoms with Gasteiger partial charge in [-0.15, -0.1) is 5.10 Å². The third kappa shape index (κ3) is 2.52. The number of fused-ring (bicyclic) bond motifs is 3. The fourth-order valence-corrected chi connectivity index (χ4v) is 4.00. The van der Waals surface area contributed by atoms with Gasteiger partial charge in [0.1, 0.15) is 0 Å². The maximum absolute atomic E-state index is 5.49. The molecule has 116 valence electrons. The van der Waals surface area contributed by atoms with E-state index in [2.05, 4.69) is 45.1 Å². The molecule has 4 heteroatoms. The number of nitrogens with zero attached hydrogens (tertiary/aromatic N) is 3. The van der Waals surface area contributed by atoms with E-state index in [-0.39, 0.29) is 0 Å². The lowest BCUT2D eigenvalue weighted by Gasteiger charge is -2.44. The monoisotopic (exact) mass is 297 g/mol. The lowest BCUT2D eigenvalue weighted by Crippen LogP contribution is -2.48. The van der Waals surface area contributed by atoms with Gasteiger partial charge in [-0.05, 0) is 43.3 Å². The van der Waals surface area contributed by atoms with Gasteiger partial charge in [0.25, 0.3) is 0 Å². The fraction of sp³-hybridized carbons (Fsp3) is 0.500. The quantitative estimate of drug-likeness (QED) is 0.869. The second kappa shape index (κ2) is 5.76. The minimum atomic E-state index is 0.729. The summed E-state index contributed by atoms with van der Waals surface area (Å²) < 4.78 is 7.58. The Bertz CT molecular complexity index is 629. The molecule has 0 radical (unpaired) electrons. The van der Waals surface area contributed by atoms with Crippen molar-refractivity contribution in [3.8, 4) is 17.0 Å². The zero-order valence-corrected chi connectivity index (χ0v) is 13.1. The number of ether oxygens (including phenoxy) is 1. The molecule has 3 fully saturated rings. The van der Waals surface area contributed by atoms with Crippen LogP contribution in [0.4, 0.5) is 0 Å². The van der Waals surface area contributed by atoms with Gasteiger partial charge in [-0.1, -0.05) is 30.3 Å². The van der Waals surface area contributed by atoms with Gasteiger partial charge in [-0.25, -0.2) is 0 Å². The highest BCUT2D eigenvalue weighted by atomic mass is 16.5. The molecule has 3 saturated heterocycles. The molecule has 0 amide bonds. The SMILES string of the molecule is COc1nn(CC2CN3CCC2CC3)cc1-c1ccccc1. The molecule has 22 heavy (non-hydrogen) atoms. The predicted octanol–water partition coefficient (Wildman–Crippen LogP) is 2.90. The molecule has 5 rings (SSSR count). The summed E-state index contributed by atoms with van der Waals surface area (Å²) in [4.78, 5) is 2.60. The van der Waals surface area contributed by atoms with Crippen molar-refractivity contribution in [2.24, 2.45) is 11.8 Å². The van der Waals surface area contributed by atoms with Gasteiger partial charge in [-0.2, -0.15) is 0 Å². The summed E-state index contributed by atoms with van der Waals surface area (Å²) in [5.74, 6) is 2.34. The van der Waals surface area contributed by atoms with Crippen LogP contribution in [0.2, 0.25) is 0 Å². The Hall–Kier alpha value is -1.81. The highest BCUT2D eigenvalue weighted by molar-refractivity contribution is 5.67. The molecular formula is C18H23N3O. The van der Waals surface area contributed by atoms with Crippen LogP contribution in [0.15, 0.2) is 36.5 Å². The molecule has 1 aromatic heterocycles. The predicted molar refractivity (Wildman–Crippen MR) is 86.9 cm³/mol. The Labute approximate surface area is 131 Å². The third-order valence-electron chi connectivity index (χ3n) is 5.22. The van der Waals surface area contributed by atoms with Crippen LogP contribution < -0.4 is 4.74 Å². The van der Waals surface area contributed by atoms with Crippen LogP contribution in [-0.4, -0.2) is 41.4 Å².